The molecule has 2 aromatic carbocycles. The third-order valence-electron chi connectivity index (χ3n) is 11.2. The normalized spacial score (nSPS) is 27.9. The number of H-pyrrole nitrogens is 1. The maximum Gasteiger partial charge on any atom is 0.338 e. The molecule has 4 aliphatic heterocycles. The van der Waals surface area contributed by atoms with E-state index in [4.69, 9.17) is 33.2 Å². The molecule has 0 spiro atoms. The number of hydrogen-bond acceptors (Lipinski definition) is 12. The lowest BCUT2D eigenvalue weighted by atomic mass is 9.63. The first-order chi connectivity index (χ1) is 26.1. The number of aromatic nitrogens is 1. The van der Waals surface area contributed by atoms with E-state index in [1.165, 1.54) is 45.1 Å². The van der Waals surface area contributed by atoms with Gasteiger partial charge in [0.05, 0.1) is 53.1 Å². The molecule has 4 fully saturated rings. The quantitative estimate of drug-likeness (QED) is 0.211. The largest absolute Gasteiger partial charge is 0.497 e. The van der Waals surface area contributed by atoms with Gasteiger partial charge in [-0.2, -0.15) is 0 Å². The molecule has 0 radical (unpaired) electrons. The Balaban J connectivity index is 0.000000386. The standard InChI is InChI=1S/C33H40N2O9.C4H6N4O2/c1-38-19-7-8-20-21-9-10-35-16-18-13-27(44-32(36)17-11-25(39-2)30(41-4)26(12-17)40-3)31(42-5)28(33(37)43-6)22(18)15-24(35)29(21)34-23(20)14-19;9-3-5-1-2(7-3)8-4(10)6-1/h7-8,11-12,14,18,22,24,27-28,31,34H,9-10,13,15-16H2,1-6H3;1-2H,(H2,5,7,9)(H2,6,8,10)/t18-,22+,24-,27-,28+,31+;/m1./s1. The van der Waals surface area contributed by atoms with Crippen LogP contribution in [-0.4, -0.2) is 114 Å². The van der Waals surface area contributed by atoms with Crippen LogP contribution in [0.5, 0.6) is 23.0 Å². The monoisotopic (exact) mass is 750 g/mol. The fraction of sp³-hybridized carbons (Fsp3) is 0.514. The fourth-order valence-electron chi connectivity index (χ4n) is 8.82. The molecule has 5 N–H and O–H groups in total. The van der Waals surface area contributed by atoms with E-state index >= 15 is 0 Å². The Morgan fingerprint density at radius 2 is 1.48 bits per heavy atom. The van der Waals surface area contributed by atoms with Crippen molar-refractivity contribution in [2.75, 3.05) is 55.7 Å². The van der Waals surface area contributed by atoms with Crippen LogP contribution >= 0.6 is 0 Å². The first-order valence-corrected chi connectivity index (χ1v) is 17.8. The maximum atomic E-state index is 13.5. The predicted molar refractivity (Wildman–Crippen MR) is 192 cm³/mol. The minimum Gasteiger partial charge on any atom is -0.497 e. The summed E-state index contributed by atoms with van der Waals surface area (Å²) in [7, 11) is 9.10. The van der Waals surface area contributed by atoms with E-state index in [9.17, 15) is 19.2 Å². The summed E-state index contributed by atoms with van der Waals surface area (Å²) in [5.41, 5.74) is 3.83. The lowest BCUT2D eigenvalue weighted by Gasteiger charge is -2.52. The summed E-state index contributed by atoms with van der Waals surface area (Å²) >= 11 is 0. The summed E-state index contributed by atoms with van der Waals surface area (Å²) in [6.07, 6.45) is 0.336. The second-order valence-electron chi connectivity index (χ2n) is 13.9. The molecular formula is C37H46N6O11. The summed E-state index contributed by atoms with van der Waals surface area (Å²) in [5, 5.41) is 11.2. The number of amides is 4. The van der Waals surface area contributed by atoms with E-state index in [1.807, 2.05) is 12.1 Å². The van der Waals surface area contributed by atoms with Crippen LogP contribution in [0.1, 0.15) is 40.5 Å². The van der Waals surface area contributed by atoms with Crippen LogP contribution in [-0.2, 0) is 25.4 Å². The number of nitrogens with zero attached hydrogens (tertiary/aromatic N) is 1. The van der Waals surface area contributed by atoms with Crippen molar-refractivity contribution in [2.24, 2.45) is 17.8 Å². The van der Waals surface area contributed by atoms with Crippen LogP contribution in [0.4, 0.5) is 9.59 Å². The lowest BCUT2D eigenvalue weighted by Crippen LogP contribution is -2.58. The molecule has 6 atom stereocenters. The number of carbonyl (C=O) groups is 4. The molecule has 1 aliphatic carbocycles. The zero-order chi connectivity index (χ0) is 38.3. The van der Waals surface area contributed by atoms with Crippen molar-refractivity contribution in [3.63, 3.8) is 0 Å². The third kappa shape index (κ3) is 6.66. The number of benzene rings is 2. The Morgan fingerprint density at radius 3 is 2.06 bits per heavy atom. The molecule has 0 unspecified atom stereocenters. The highest BCUT2D eigenvalue weighted by atomic mass is 16.6. The van der Waals surface area contributed by atoms with Gasteiger partial charge in [0.15, 0.2) is 11.5 Å². The predicted octanol–water partition coefficient (Wildman–Crippen LogP) is 2.44. The Hall–Kier alpha value is -5.42. The summed E-state index contributed by atoms with van der Waals surface area (Å²) < 4.78 is 39.1. The van der Waals surface area contributed by atoms with Gasteiger partial charge in [-0.15, -0.1) is 0 Å². The van der Waals surface area contributed by atoms with Crippen molar-refractivity contribution in [2.45, 2.75) is 49.8 Å². The maximum absolute atomic E-state index is 13.5. The molecule has 1 aromatic heterocycles. The summed E-state index contributed by atoms with van der Waals surface area (Å²) in [6, 6.07) is 8.87. The molecule has 3 saturated heterocycles. The van der Waals surface area contributed by atoms with Crippen molar-refractivity contribution < 1.29 is 52.3 Å². The zero-order valence-corrected chi connectivity index (χ0v) is 31.0. The Labute approximate surface area is 311 Å². The number of urea groups is 2. The van der Waals surface area contributed by atoms with Crippen molar-refractivity contribution in [3.05, 3.63) is 47.2 Å². The topological polar surface area (TPSA) is 200 Å². The average Bonchev–Trinajstić information content (AvgIpc) is 3.84. The number of nitrogens with one attached hydrogen (secondary N) is 5. The number of ether oxygens (including phenoxy) is 7. The number of methoxy groups -OCH3 is 6. The first-order valence-electron chi connectivity index (χ1n) is 17.8. The number of esters is 2. The molecule has 290 valence electrons. The highest BCUT2D eigenvalue weighted by Crippen LogP contribution is 2.51. The number of rotatable bonds is 8. The highest BCUT2D eigenvalue weighted by molar-refractivity contribution is 5.91. The molecular weight excluding hydrogens is 704 g/mol. The van der Waals surface area contributed by atoms with Crippen LogP contribution in [0.25, 0.3) is 10.9 Å². The Morgan fingerprint density at radius 1 is 0.815 bits per heavy atom. The number of piperidine rings is 1. The van der Waals surface area contributed by atoms with Gasteiger partial charge in [0, 0.05) is 42.9 Å². The molecule has 5 aliphatic rings. The van der Waals surface area contributed by atoms with Crippen LogP contribution in [0, 0.1) is 17.8 Å². The van der Waals surface area contributed by atoms with E-state index in [2.05, 4.69) is 37.2 Å². The van der Waals surface area contributed by atoms with Crippen LogP contribution in [0.2, 0.25) is 0 Å². The van der Waals surface area contributed by atoms with E-state index in [-0.39, 0.29) is 53.8 Å². The highest BCUT2D eigenvalue weighted by Gasteiger charge is 2.54. The van der Waals surface area contributed by atoms with Crippen LogP contribution in [0.15, 0.2) is 30.3 Å². The number of aromatic amines is 1. The van der Waals surface area contributed by atoms with E-state index < -0.39 is 24.1 Å². The van der Waals surface area contributed by atoms with Crippen molar-refractivity contribution in [1.82, 2.24) is 31.2 Å². The van der Waals surface area contributed by atoms with Gasteiger partial charge >= 0.3 is 24.0 Å². The SMILES string of the molecule is COC(=O)[C@H]1[C@H]2C[C@@H]3c4[nH]c5cc(OC)ccc5c4CCN3C[C@H]2C[C@@H](OC(=O)c2cc(OC)c(OC)c(OC)c2)[C@@H]1OC.O=C1NC2NC(=O)NC2N1. The summed E-state index contributed by atoms with van der Waals surface area (Å²) in [5.74, 6) is 0.441. The van der Waals surface area contributed by atoms with Gasteiger partial charge in [-0.25, -0.2) is 14.4 Å². The third-order valence-corrected chi connectivity index (χ3v) is 11.2. The molecule has 8 rings (SSSR count). The second kappa shape index (κ2) is 15.1. The zero-order valence-electron chi connectivity index (χ0n) is 31.0. The van der Waals surface area contributed by atoms with Gasteiger partial charge in [-0.05, 0) is 60.9 Å². The van der Waals surface area contributed by atoms with Gasteiger partial charge in [0.2, 0.25) is 5.75 Å². The molecule has 1 saturated carbocycles. The molecule has 54 heavy (non-hydrogen) atoms. The van der Waals surface area contributed by atoms with Crippen molar-refractivity contribution >= 4 is 34.9 Å². The number of carbonyl (C=O) groups excluding carboxylic acids is 4. The molecule has 17 nitrogen and oxygen atoms in total. The molecule has 3 aromatic rings. The van der Waals surface area contributed by atoms with Gasteiger partial charge in [0.1, 0.15) is 30.3 Å². The smallest absolute Gasteiger partial charge is 0.338 e. The molecule has 5 heterocycles. The molecule has 4 amide bonds. The van der Waals surface area contributed by atoms with Crippen molar-refractivity contribution in [3.8, 4) is 23.0 Å². The Kier molecular flexibility index (Phi) is 10.3. The fourth-order valence-corrected chi connectivity index (χ4v) is 8.82. The van der Waals surface area contributed by atoms with E-state index in [0.29, 0.717) is 23.7 Å². The average molecular weight is 751 g/mol. The van der Waals surface area contributed by atoms with Gasteiger partial charge < -0.3 is 59.4 Å². The minimum absolute atomic E-state index is 0.0170. The van der Waals surface area contributed by atoms with E-state index in [1.54, 1.807) is 26.4 Å². The minimum atomic E-state index is -0.670. The molecule has 17 heteroatoms. The Bertz CT molecular complexity index is 1870. The van der Waals surface area contributed by atoms with Gasteiger partial charge in [0.25, 0.3) is 0 Å². The number of fused-ring (bicyclic) bond motifs is 7. The lowest BCUT2D eigenvalue weighted by molar-refractivity contribution is -0.176. The summed E-state index contributed by atoms with van der Waals surface area (Å²) in [6.45, 7) is 1.68. The van der Waals surface area contributed by atoms with Gasteiger partial charge in [-0.3, -0.25) is 9.69 Å². The van der Waals surface area contributed by atoms with Gasteiger partial charge in [-0.1, -0.05) is 0 Å². The van der Waals surface area contributed by atoms with Crippen molar-refractivity contribution in [1.29, 1.82) is 0 Å². The van der Waals surface area contributed by atoms with Crippen LogP contribution in [0.3, 0.4) is 0 Å². The summed E-state index contributed by atoms with van der Waals surface area (Å²) in [4.78, 5) is 54.2. The first kappa shape index (κ1) is 36.9. The molecule has 0 bridgehead atoms. The van der Waals surface area contributed by atoms with E-state index in [0.717, 1.165) is 37.2 Å². The number of hydrogen-bond donors (Lipinski definition) is 5. The second-order valence-corrected chi connectivity index (χ2v) is 13.9. The van der Waals surface area contributed by atoms with Crippen LogP contribution < -0.4 is 40.2 Å².